The average Bonchev–Trinajstić information content (AvgIpc) is 3.06. The number of piperidine rings is 1. The van der Waals surface area contributed by atoms with Crippen LogP contribution in [0.2, 0.25) is 5.02 Å². The first-order chi connectivity index (χ1) is 11.7. The molecule has 1 fully saturated rings. The molecule has 0 saturated carbocycles. The highest BCUT2D eigenvalue weighted by molar-refractivity contribution is 6.33. The molecular weight excluding hydrogens is 324 g/mol. The predicted molar refractivity (Wildman–Crippen MR) is 93.3 cm³/mol. The Balaban J connectivity index is 1.57. The van der Waals surface area contributed by atoms with Crippen LogP contribution in [0.3, 0.4) is 0 Å². The van der Waals surface area contributed by atoms with E-state index in [0.717, 1.165) is 30.5 Å². The third-order valence-electron chi connectivity index (χ3n) is 4.47. The molecule has 0 radical (unpaired) electrons. The van der Waals surface area contributed by atoms with Gasteiger partial charge in [-0.25, -0.2) is 4.98 Å². The molecular formula is C19H17ClN2O2. The second kappa shape index (κ2) is 6.29. The van der Waals surface area contributed by atoms with Crippen molar-refractivity contribution in [1.29, 1.82) is 0 Å². The first-order valence-electron chi connectivity index (χ1n) is 8.11. The van der Waals surface area contributed by atoms with Crippen molar-refractivity contribution in [1.82, 2.24) is 9.88 Å². The Morgan fingerprint density at radius 1 is 1.17 bits per heavy atom. The number of carbonyl (C=O) groups is 1. The Bertz CT molecular complexity index is 857. The van der Waals surface area contributed by atoms with Gasteiger partial charge in [-0.3, -0.25) is 4.79 Å². The zero-order valence-corrected chi connectivity index (χ0v) is 13.9. The van der Waals surface area contributed by atoms with Crippen LogP contribution >= 0.6 is 11.6 Å². The number of oxazole rings is 1. The lowest BCUT2D eigenvalue weighted by Gasteiger charge is -2.31. The molecule has 1 saturated heterocycles. The Hall–Kier alpha value is -2.33. The van der Waals surface area contributed by atoms with E-state index in [1.165, 1.54) is 0 Å². The van der Waals surface area contributed by atoms with Crippen molar-refractivity contribution in [3.63, 3.8) is 0 Å². The maximum Gasteiger partial charge on any atom is 0.255 e. The second-order valence-electron chi connectivity index (χ2n) is 6.09. The van der Waals surface area contributed by atoms with Gasteiger partial charge in [-0.2, -0.15) is 0 Å². The smallest absolute Gasteiger partial charge is 0.255 e. The number of nitrogens with zero attached hydrogens (tertiary/aromatic N) is 2. The lowest BCUT2D eigenvalue weighted by Crippen LogP contribution is -2.39. The van der Waals surface area contributed by atoms with Crippen molar-refractivity contribution < 1.29 is 9.21 Å². The summed E-state index contributed by atoms with van der Waals surface area (Å²) in [7, 11) is 0. The SMILES string of the molecule is O=C(c1ccccc1Cl)N1CCC[C@H](c2nc3ccccc3o2)C1. The fourth-order valence-electron chi connectivity index (χ4n) is 3.23. The van der Waals surface area contributed by atoms with Gasteiger partial charge in [0.2, 0.25) is 0 Å². The Morgan fingerprint density at radius 2 is 1.96 bits per heavy atom. The third kappa shape index (κ3) is 2.78. The highest BCUT2D eigenvalue weighted by Crippen LogP contribution is 2.30. The predicted octanol–water partition coefficient (Wildman–Crippen LogP) is 4.50. The number of hydrogen-bond donors (Lipinski definition) is 0. The summed E-state index contributed by atoms with van der Waals surface area (Å²) in [4.78, 5) is 19.2. The normalized spacial score (nSPS) is 18.0. The quantitative estimate of drug-likeness (QED) is 0.690. The van der Waals surface area contributed by atoms with E-state index < -0.39 is 0 Å². The highest BCUT2D eigenvalue weighted by Gasteiger charge is 2.29. The van der Waals surface area contributed by atoms with Gasteiger partial charge in [0.25, 0.3) is 5.91 Å². The van der Waals surface area contributed by atoms with Gasteiger partial charge in [-0.05, 0) is 37.1 Å². The summed E-state index contributed by atoms with van der Waals surface area (Å²) in [5.74, 6) is 0.812. The van der Waals surface area contributed by atoms with Crippen LogP contribution in [0.4, 0.5) is 0 Å². The largest absolute Gasteiger partial charge is 0.440 e. The molecule has 5 heteroatoms. The Morgan fingerprint density at radius 3 is 2.79 bits per heavy atom. The summed E-state index contributed by atoms with van der Waals surface area (Å²) in [5, 5.41) is 0.492. The van der Waals surface area contributed by atoms with Crippen molar-refractivity contribution in [2.24, 2.45) is 0 Å². The molecule has 0 unspecified atom stereocenters. The molecule has 2 heterocycles. The third-order valence-corrected chi connectivity index (χ3v) is 4.80. The van der Waals surface area contributed by atoms with Crippen LogP contribution in [0.5, 0.6) is 0 Å². The van der Waals surface area contributed by atoms with E-state index in [4.69, 9.17) is 16.0 Å². The molecule has 0 aliphatic carbocycles. The molecule has 0 bridgehead atoms. The molecule has 2 aromatic carbocycles. The molecule has 1 aliphatic heterocycles. The zero-order valence-electron chi connectivity index (χ0n) is 13.1. The Labute approximate surface area is 145 Å². The van der Waals surface area contributed by atoms with E-state index in [-0.39, 0.29) is 11.8 Å². The molecule has 4 nitrogen and oxygen atoms in total. The first-order valence-corrected chi connectivity index (χ1v) is 8.49. The highest BCUT2D eigenvalue weighted by atomic mass is 35.5. The topological polar surface area (TPSA) is 46.3 Å². The van der Waals surface area contributed by atoms with Gasteiger partial charge in [0.15, 0.2) is 11.5 Å². The van der Waals surface area contributed by atoms with Gasteiger partial charge in [-0.15, -0.1) is 0 Å². The van der Waals surface area contributed by atoms with Crippen molar-refractivity contribution in [3.05, 3.63) is 65.0 Å². The zero-order chi connectivity index (χ0) is 16.5. The number of hydrogen-bond acceptors (Lipinski definition) is 3. The van der Waals surface area contributed by atoms with Gasteiger partial charge in [0.05, 0.1) is 16.5 Å². The standard InChI is InChI=1S/C19H17ClN2O2/c20-15-8-2-1-7-14(15)19(23)22-11-5-6-13(12-22)18-21-16-9-3-4-10-17(16)24-18/h1-4,7-10,13H,5-6,11-12H2/t13-/m0/s1. The van der Waals surface area contributed by atoms with Gasteiger partial charge in [0.1, 0.15) is 5.52 Å². The molecule has 1 aliphatic rings. The number of aromatic nitrogens is 1. The number of fused-ring (bicyclic) bond motifs is 1. The number of amides is 1. The minimum Gasteiger partial charge on any atom is -0.440 e. The number of carbonyl (C=O) groups excluding carboxylic acids is 1. The molecule has 3 aromatic rings. The lowest BCUT2D eigenvalue weighted by atomic mass is 9.97. The monoisotopic (exact) mass is 340 g/mol. The number of para-hydroxylation sites is 2. The van der Waals surface area contributed by atoms with Crippen molar-refractivity contribution in [3.8, 4) is 0 Å². The van der Waals surface area contributed by atoms with Crippen LogP contribution in [0.25, 0.3) is 11.1 Å². The van der Waals surface area contributed by atoms with Gasteiger partial charge in [-0.1, -0.05) is 35.9 Å². The van der Waals surface area contributed by atoms with Crippen LogP contribution in [-0.4, -0.2) is 28.9 Å². The number of likely N-dealkylation sites (tertiary alicyclic amines) is 1. The van der Waals surface area contributed by atoms with E-state index in [0.29, 0.717) is 23.0 Å². The summed E-state index contributed by atoms with van der Waals surface area (Å²) >= 11 is 6.17. The number of benzene rings is 2. The summed E-state index contributed by atoms with van der Waals surface area (Å²) in [5.41, 5.74) is 2.21. The fraction of sp³-hybridized carbons (Fsp3) is 0.263. The van der Waals surface area contributed by atoms with Gasteiger partial charge >= 0.3 is 0 Å². The maximum atomic E-state index is 12.8. The van der Waals surface area contributed by atoms with Crippen LogP contribution in [0.1, 0.15) is 35.0 Å². The minimum absolute atomic E-state index is 0.0265. The summed E-state index contributed by atoms with van der Waals surface area (Å²) in [6.45, 7) is 1.34. The first kappa shape index (κ1) is 15.2. The van der Waals surface area contributed by atoms with E-state index in [1.807, 2.05) is 41.3 Å². The molecule has 1 amide bonds. The second-order valence-corrected chi connectivity index (χ2v) is 6.50. The maximum absolute atomic E-state index is 12.8. The van der Waals surface area contributed by atoms with E-state index in [1.54, 1.807) is 12.1 Å². The molecule has 122 valence electrons. The molecule has 1 atom stereocenters. The number of halogens is 1. The molecule has 0 N–H and O–H groups in total. The van der Waals surface area contributed by atoms with Crippen LogP contribution in [-0.2, 0) is 0 Å². The summed E-state index contributed by atoms with van der Waals surface area (Å²) < 4.78 is 5.89. The van der Waals surface area contributed by atoms with Crippen LogP contribution in [0.15, 0.2) is 52.9 Å². The summed E-state index contributed by atoms with van der Waals surface area (Å²) in [6, 6.07) is 14.9. The van der Waals surface area contributed by atoms with Crippen LogP contribution < -0.4 is 0 Å². The lowest BCUT2D eigenvalue weighted by molar-refractivity contribution is 0.0699. The van der Waals surface area contributed by atoms with Gasteiger partial charge in [0, 0.05) is 13.1 Å². The van der Waals surface area contributed by atoms with E-state index in [2.05, 4.69) is 4.98 Å². The minimum atomic E-state index is -0.0265. The fourth-order valence-corrected chi connectivity index (χ4v) is 3.45. The average molecular weight is 341 g/mol. The van der Waals surface area contributed by atoms with E-state index in [9.17, 15) is 4.79 Å². The summed E-state index contributed by atoms with van der Waals surface area (Å²) in [6.07, 6.45) is 1.90. The van der Waals surface area contributed by atoms with E-state index >= 15 is 0 Å². The van der Waals surface area contributed by atoms with Crippen molar-refractivity contribution in [2.75, 3.05) is 13.1 Å². The van der Waals surface area contributed by atoms with Crippen LogP contribution in [0, 0.1) is 0 Å². The van der Waals surface area contributed by atoms with Crippen molar-refractivity contribution in [2.45, 2.75) is 18.8 Å². The molecule has 4 rings (SSSR count). The number of rotatable bonds is 2. The molecule has 24 heavy (non-hydrogen) atoms. The molecule has 0 spiro atoms. The van der Waals surface area contributed by atoms with Crippen molar-refractivity contribution >= 4 is 28.6 Å². The molecule has 1 aromatic heterocycles. The van der Waals surface area contributed by atoms with Gasteiger partial charge < -0.3 is 9.32 Å². The Kier molecular flexibility index (Phi) is 3.98.